The summed E-state index contributed by atoms with van der Waals surface area (Å²) in [6, 6.07) is 0. The smallest absolute Gasteiger partial charge is 0.188 e. The van der Waals surface area contributed by atoms with Crippen LogP contribution in [-0.2, 0) is 23.1 Å². The van der Waals surface area contributed by atoms with E-state index in [2.05, 4.69) is 27.2 Å². The van der Waals surface area contributed by atoms with E-state index < -0.39 is 5.79 Å². The van der Waals surface area contributed by atoms with E-state index in [1.807, 2.05) is 0 Å². The molecule has 0 saturated carbocycles. The minimum absolute atomic E-state index is 0.408. The molecule has 0 N–H and O–H groups in total. The lowest BCUT2D eigenvalue weighted by atomic mass is 9.90. The van der Waals surface area contributed by atoms with Crippen molar-refractivity contribution in [2.45, 2.75) is 32.1 Å². The summed E-state index contributed by atoms with van der Waals surface area (Å²) in [5.74, 6) is 0.788. The van der Waals surface area contributed by atoms with Crippen LogP contribution in [0.1, 0.15) is 25.6 Å². The second kappa shape index (κ2) is 5.15. The lowest BCUT2D eigenvalue weighted by Crippen LogP contribution is -2.46. The van der Waals surface area contributed by atoms with Crippen molar-refractivity contribution in [3.05, 3.63) is 5.82 Å². The molecular weight excluding hydrogens is 246 g/mol. The van der Waals surface area contributed by atoms with Crippen LogP contribution in [0.15, 0.2) is 0 Å². The SMILES string of the molecule is Cn1nnc(CN2CCC[C@@H](C3(C)OCCO3)C2)n1. The van der Waals surface area contributed by atoms with Crippen LogP contribution < -0.4 is 0 Å². The molecule has 7 nitrogen and oxygen atoms in total. The Hall–Kier alpha value is -1.05. The molecular formula is C12H21N5O2. The molecule has 1 aromatic rings. The number of tetrazole rings is 1. The third kappa shape index (κ3) is 2.77. The number of likely N-dealkylation sites (tertiary alicyclic amines) is 1. The summed E-state index contributed by atoms with van der Waals surface area (Å²) >= 11 is 0. The summed E-state index contributed by atoms with van der Waals surface area (Å²) in [4.78, 5) is 3.86. The van der Waals surface area contributed by atoms with Gasteiger partial charge in [-0.15, -0.1) is 10.2 Å². The summed E-state index contributed by atoms with van der Waals surface area (Å²) in [6.07, 6.45) is 2.31. The highest BCUT2D eigenvalue weighted by molar-refractivity contribution is 4.87. The standard InChI is InChI=1S/C12H21N5O2/c1-12(18-6-7-19-12)10-4-3-5-17(8-10)9-11-13-15-16(2)14-11/h10H,3-9H2,1-2H3/t10-/m1/s1. The number of hydrogen-bond donors (Lipinski definition) is 0. The topological polar surface area (TPSA) is 65.3 Å². The highest BCUT2D eigenvalue weighted by Gasteiger charge is 2.41. The molecule has 1 aromatic heterocycles. The predicted octanol–water partition coefficient (Wildman–Crippen LogP) is 0.185. The fraction of sp³-hybridized carbons (Fsp3) is 0.917. The first-order chi connectivity index (χ1) is 9.16. The monoisotopic (exact) mass is 267 g/mol. The van der Waals surface area contributed by atoms with E-state index in [4.69, 9.17) is 9.47 Å². The average molecular weight is 267 g/mol. The number of aromatic nitrogens is 4. The van der Waals surface area contributed by atoms with Crippen LogP contribution in [0.2, 0.25) is 0 Å². The van der Waals surface area contributed by atoms with Gasteiger partial charge in [-0.2, -0.15) is 4.80 Å². The molecule has 19 heavy (non-hydrogen) atoms. The lowest BCUT2D eigenvalue weighted by molar-refractivity contribution is -0.192. The lowest BCUT2D eigenvalue weighted by Gasteiger charge is -2.39. The molecule has 0 aromatic carbocycles. The highest BCUT2D eigenvalue weighted by Crippen LogP contribution is 2.34. The zero-order chi connectivity index (χ0) is 13.3. The number of piperidine rings is 1. The van der Waals surface area contributed by atoms with Crippen LogP contribution in [0.4, 0.5) is 0 Å². The molecule has 0 radical (unpaired) electrons. The van der Waals surface area contributed by atoms with Gasteiger partial charge in [0.15, 0.2) is 11.6 Å². The fourth-order valence-electron chi connectivity index (χ4n) is 2.98. The van der Waals surface area contributed by atoms with Gasteiger partial charge in [0, 0.05) is 12.5 Å². The van der Waals surface area contributed by atoms with Gasteiger partial charge in [0.05, 0.1) is 26.8 Å². The van der Waals surface area contributed by atoms with Crippen LogP contribution in [0, 0.1) is 5.92 Å². The molecule has 2 aliphatic rings. The second-order valence-corrected chi connectivity index (χ2v) is 5.48. The molecule has 2 fully saturated rings. The molecule has 0 bridgehead atoms. The van der Waals surface area contributed by atoms with Gasteiger partial charge in [-0.3, -0.25) is 4.90 Å². The number of hydrogen-bond acceptors (Lipinski definition) is 6. The summed E-state index contributed by atoms with van der Waals surface area (Å²) in [7, 11) is 1.79. The van der Waals surface area contributed by atoms with E-state index in [0.29, 0.717) is 19.1 Å². The van der Waals surface area contributed by atoms with Crippen LogP contribution >= 0.6 is 0 Å². The number of nitrogens with zero attached hydrogens (tertiary/aromatic N) is 5. The van der Waals surface area contributed by atoms with E-state index in [9.17, 15) is 0 Å². The van der Waals surface area contributed by atoms with Gasteiger partial charge < -0.3 is 9.47 Å². The Labute approximate surface area is 112 Å². The maximum Gasteiger partial charge on any atom is 0.188 e. The molecule has 1 atom stereocenters. The van der Waals surface area contributed by atoms with Gasteiger partial charge in [-0.05, 0) is 31.5 Å². The summed E-state index contributed by atoms with van der Waals surface area (Å²) in [5.41, 5.74) is 0. The van der Waals surface area contributed by atoms with Crippen LogP contribution in [0.3, 0.4) is 0 Å². The summed E-state index contributed by atoms with van der Waals surface area (Å²) in [5, 5.41) is 12.2. The average Bonchev–Trinajstić information content (AvgIpc) is 3.00. The van der Waals surface area contributed by atoms with E-state index in [-0.39, 0.29) is 0 Å². The molecule has 2 saturated heterocycles. The molecule has 106 valence electrons. The first-order valence-corrected chi connectivity index (χ1v) is 6.89. The van der Waals surface area contributed by atoms with Crippen molar-refractivity contribution in [3.63, 3.8) is 0 Å². The Kier molecular flexibility index (Phi) is 3.51. The molecule has 0 aliphatic carbocycles. The van der Waals surface area contributed by atoms with Gasteiger partial charge in [-0.25, -0.2) is 0 Å². The first-order valence-electron chi connectivity index (χ1n) is 6.89. The van der Waals surface area contributed by atoms with E-state index in [1.165, 1.54) is 4.80 Å². The van der Waals surface area contributed by atoms with Gasteiger partial charge in [-0.1, -0.05) is 0 Å². The van der Waals surface area contributed by atoms with Crippen molar-refractivity contribution in [1.29, 1.82) is 0 Å². The van der Waals surface area contributed by atoms with Crippen molar-refractivity contribution in [1.82, 2.24) is 25.1 Å². The predicted molar refractivity (Wildman–Crippen MR) is 67.1 cm³/mol. The van der Waals surface area contributed by atoms with Crippen molar-refractivity contribution >= 4 is 0 Å². The quantitative estimate of drug-likeness (QED) is 0.778. The van der Waals surface area contributed by atoms with E-state index in [0.717, 1.165) is 38.3 Å². The number of rotatable bonds is 3. The maximum absolute atomic E-state index is 5.79. The fourth-order valence-corrected chi connectivity index (χ4v) is 2.98. The molecule has 0 amide bonds. The van der Waals surface area contributed by atoms with Gasteiger partial charge in [0.1, 0.15) is 0 Å². The molecule has 0 spiro atoms. The van der Waals surface area contributed by atoms with Crippen LogP contribution in [0.25, 0.3) is 0 Å². The second-order valence-electron chi connectivity index (χ2n) is 5.48. The zero-order valence-electron chi connectivity index (χ0n) is 11.6. The Balaban J connectivity index is 1.61. The Bertz CT molecular complexity index is 430. The molecule has 0 unspecified atom stereocenters. The highest BCUT2D eigenvalue weighted by atomic mass is 16.7. The molecule has 7 heteroatoms. The molecule has 3 heterocycles. The Morgan fingerprint density at radius 2 is 2.16 bits per heavy atom. The zero-order valence-corrected chi connectivity index (χ0v) is 11.6. The summed E-state index contributed by atoms with van der Waals surface area (Å²) < 4.78 is 11.6. The van der Waals surface area contributed by atoms with Crippen molar-refractivity contribution < 1.29 is 9.47 Å². The van der Waals surface area contributed by atoms with Gasteiger partial charge >= 0.3 is 0 Å². The van der Waals surface area contributed by atoms with Crippen molar-refractivity contribution in [2.75, 3.05) is 26.3 Å². The van der Waals surface area contributed by atoms with Crippen molar-refractivity contribution in [2.24, 2.45) is 13.0 Å². The molecule has 3 rings (SSSR count). The maximum atomic E-state index is 5.79. The van der Waals surface area contributed by atoms with Crippen LogP contribution in [0.5, 0.6) is 0 Å². The summed E-state index contributed by atoms with van der Waals surface area (Å²) in [6.45, 7) is 6.27. The van der Waals surface area contributed by atoms with E-state index in [1.54, 1.807) is 7.05 Å². The minimum Gasteiger partial charge on any atom is -0.347 e. The minimum atomic E-state index is -0.408. The number of ether oxygens (including phenoxy) is 2. The molecule has 2 aliphatic heterocycles. The van der Waals surface area contributed by atoms with Gasteiger partial charge in [0.25, 0.3) is 0 Å². The Morgan fingerprint density at radius 3 is 2.84 bits per heavy atom. The third-order valence-electron chi connectivity index (χ3n) is 4.02. The Morgan fingerprint density at radius 1 is 1.37 bits per heavy atom. The first kappa shape index (κ1) is 13.0. The van der Waals surface area contributed by atoms with E-state index >= 15 is 0 Å². The normalized spacial score (nSPS) is 27.8. The number of aryl methyl sites for hydroxylation is 1. The van der Waals surface area contributed by atoms with Gasteiger partial charge in [0.2, 0.25) is 0 Å². The largest absolute Gasteiger partial charge is 0.347 e. The van der Waals surface area contributed by atoms with Crippen molar-refractivity contribution in [3.8, 4) is 0 Å². The third-order valence-corrected chi connectivity index (χ3v) is 4.02. The van der Waals surface area contributed by atoms with Crippen LogP contribution in [-0.4, -0.2) is 57.2 Å².